The quantitative estimate of drug-likeness (QED) is 0.181. The van der Waals surface area contributed by atoms with Crippen LogP contribution in [-0.4, -0.2) is 23.2 Å². The van der Waals surface area contributed by atoms with Crippen LogP contribution in [0.15, 0.2) is 86.2 Å². The van der Waals surface area contributed by atoms with Gasteiger partial charge in [0, 0.05) is 16.1 Å². The Morgan fingerprint density at radius 1 is 1.18 bits per heavy atom. The minimum atomic E-state index is -0.831. The predicted octanol–water partition coefficient (Wildman–Crippen LogP) is 6.72. The molecule has 0 radical (unpaired) electrons. The van der Waals surface area contributed by atoms with Gasteiger partial charge in [0.2, 0.25) is 0 Å². The molecule has 1 aliphatic heterocycles. The Kier molecular flexibility index (Phi) is 9.72. The fraction of sp³-hybridized carbons (Fsp3) is 0.242. The fourth-order valence-electron chi connectivity index (χ4n) is 4.87. The highest BCUT2D eigenvalue weighted by atomic mass is 79.9. The van der Waals surface area contributed by atoms with Crippen molar-refractivity contribution in [2.24, 2.45) is 4.99 Å². The van der Waals surface area contributed by atoms with Gasteiger partial charge in [-0.3, -0.25) is 9.36 Å². The maximum Gasteiger partial charge on any atom is 0.338 e. The van der Waals surface area contributed by atoms with Gasteiger partial charge in [-0.05, 0) is 85.6 Å². The third kappa shape index (κ3) is 6.67. The molecular formula is C33H29BrClFN2O5S. The molecule has 0 bridgehead atoms. The number of hydrogen-bond acceptors (Lipinski definition) is 7. The summed E-state index contributed by atoms with van der Waals surface area (Å²) in [5.41, 5.74) is 2.32. The largest absolute Gasteiger partial charge is 0.491 e. The van der Waals surface area contributed by atoms with Gasteiger partial charge in [-0.2, -0.15) is 0 Å². The van der Waals surface area contributed by atoms with E-state index in [1.54, 1.807) is 44.2 Å². The van der Waals surface area contributed by atoms with Crippen LogP contribution in [0, 0.1) is 5.82 Å². The fourth-order valence-corrected chi connectivity index (χ4v) is 6.86. The van der Waals surface area contributed by atoms with E-state index in [0.29, 0.717) is 47.2 Å². The molecule has 1 aliphatic rings. The highest BCUT2D eigenvalue weighted by Crippen LogP contribution is 2.37. The topological polar surface area (TPSA) is 79.1 Å². The summed E-state index contributed by atoms with van der Waals surface area (Å²) in [4.78, 5) is 32.6. The number of aromatic nitrogens is 1. The van der Waals surface area contributed by atoms with Crippen LogP contribution in [0.2, 0.25) is 5.02 Å². The van der Waals surface area contributed by atoms with Crippen LogP contribution >= 0.6 is 38.9 Å². The monoisotopic (exact) mass is 698 g/mol. The number of rotatable bonds is 9. The number of nitrogens with zero attached hydrogens (tertiary/aromatic N) is 2. The summed E-state index contributed by atoms with van der Waals surface area (Å²) >= 11 is 11.1. The van der Waals surface area contributed by atoms with Crippen molar-refractivity contribution in [3.05, 3.63) is 124 Å². The number of para-hydroxylation sites is 1. The molecule has 0 saturated heterocycles. The molecule has 0 aliphatic carbocycles. The van der Waals surface area contributed by atoms with Crippen molar-refractivity contribution in [2.75, 3.05) is 6.61 Å². The van der Waals surface area contributed by atoms with Gasteiger partial charge >= 0.3 is 5.97 Å². The minimum absolute atomic E-state index is 0.141. The zero-order valence-electron chi connectivity index (χ0n) is 24.4. The van der Waals surface area contributed by atoms with Gasteiger partial charge in [0.15, 0.2) is 4.80 Å². The van der Waals surface area contributed by atoms with E-state index in [1.807, 2.05) is 38.1 Å². The highest BCUT2D eigenvalue weighted by molar-refractivity contribution is 9.10. The van der Waals surface area contributed by atoms with E-state index in [1.165, 1.54) is 28.0 Å². The van der Waals surface area contributed by atoms with Crippen LogP contribution in [0.4, 0.5) is 4.39 Å². The van der Waals surface area contributed by atoms with Crippen LogP contribution in [0.5, 0.6) is 11.5 Å². The van der Waals surface area contributed by atoms with Gasteiger partial charge in [0.25, 0.3) is 5.56 Å². The number of fused-ring (bicyclic) bond motifs is 1. The van der Waals surface area contributed by atoms with E-state index >= 15 is 0 Å². The standard InChI is InChI=1S/C33H29BrClFN2O5S/c1-5-41-32(40)28-19(4)37-33-38(29(28)24-8-6-7-9-26(24)43-18(2)3)31(39)27(44-33)15-21-14-22(35)16-25(34)30(21)42-17-20-10-12-23(36)13-11-20/h6-16,18,29H,5,17H2,1-4H3/b27-15-/t29-/m1/s1. The molecule has 4 aromatic rings. The molecule has 1 aromatic heterocycles. The predicted molar refractivity (Wildman–Crippen MR) is 172 cm³/mol. The summed E-state index contributed by atoms with van der Waals surface area (Å²) in [5.74, 6) is 0.118. The SMILES string of the molecule is CCOC(=O)C1=C(C)N=c2s/c(=C\c3cc(Cl)cc(Br)c3OCc3ccc(F)cc3)c(=O)n2[C@@H]1c1ccccc1OC(C)C. The van der Waals surface area contributed by atoms with Crippen molar-refractivity contribution in [3.8, 4) is 11.5 Å². The molecule has 2 heterocycles. The van der Waals surface area contributed by atoms with E-state index in [9.17, 15) is 14.0 Å². The number of ether oxygens (including phenoxy) is 3. The Hall–Kier alpha value is -3.73. The molecule has 0 fully saturated rings. The molecular weight excluding hydrogens is 671 g/mol. The number of allylic oxidation sites excluding steroid dienone is 1. The van der Waals surface area contributed by atoms with Crippen molar-refractivity contribution < 1.29 is 23.4 Å². The normalized spacial score (nSPS) is 14.8. The molecule has 1 atom stereocenters. The lowest BCUT2D eigenvalue weighted by Gasteiger charge is -2.26. The Balaban J connectivity index is 1.67. The molecule has 5 rings (SSSR count). The summed E-state index contributed by atoms with van der Waals surface area (Å²) in [5, 5.41) is 0.433. The van der Waals surface area contributed by atoms with Crippen molar-refractivity contribution in [2.45, 2.75) is 46.4 Å². The number of carbonyl (C=O) groups is 1. The Morgan fingerprint density at radius 2 is 1.91 bits per heavy atom. The second-order valence-electron chi connectivity index (χ2n) is 10.2. The summed E-state index contributed by atoms with van der Waals surface area (Å²) in [6.07, 6.45) is 1.55. The van der Waals surface area contributed by atoms with Crippen molar-refractivity contribution in [1.82, 2.24) is 4.57 Å². The van der Waals surface area contributed by atoms with Gasteiger partial charge in [-0.1, -0.05) is 53.3 Å². The van der Waals surface area contributed by atoms with Crippen molar-refractivity contribution in [1.29, 1.82) is 0 Å². The molecule has 0 saturated carbocycles. The average molecular weight is 700 g/mol. The molecule has 11 heteroatoms. The lowest BCUT2D eigenvalue weighted by atomic mass is 9.95. The molecule has 0 amide bonds. The second-order valence-corrected chi connectivity index (χ2v) is 12.5. The van der Waals surface area contributed by atoms with Crippen molar-refractivity contribution in [3.63, 3.8) is 0 Å². The lowest BCUT2D eigenvalue weighted by Crippen LogP contribution is -2.40. The number of thiazole rings is 1. The van der Waals surface area contributed by atoms with E-state index in [-0.39, 0.29) is 36.3 Å². The molecule has 7 nitrogen and oxygen atoms in total. The Morgan fingerprint density at radius 3 is 2.61 bits per heavy atom. The maximum atomic E-state index is 14.2. The van der Waals surface area contributed by atoms with Crippen molar-refractivity contribution >= 4 is 50.9 Å². The molecule has 0 spiro atoms. The average Bonchev–Trinajstić information content (AvgIpc) is 3.26. The van der Waals surface area contributed by atoms with Gasteiger partial charge in [0.05, 0.1) is 33.0 Å². The Labute approximate surface area is 271 Å². The summed E-state index contributed by atoms with van der Waals surface area (Å²) in [7, 11) is 0. The first-order valence-corrected chi connectivity index (χ1v) is 15.9. The van der Waals surface area contributed by atoms with Gasteiger partial charge in [-0.25, -0.2) is 14.2 Å². The zero-order chi connectivity index (χ0) is 31.5. The number of esters is 1. The second kappa shape index (κ2) is 13.5. The van der Waals surface area contributed by atoms with E-state index in [2.05, 4.69) is 20.9 Å². The Bertz CT molecular complexity index is 1930. The van der Waals surface area contributed by atoms with Crippen LogP contribution in [-0.2, 0) is 16.1 Å². The number of carbonyl (C=O) groups excluding carboxylic acids is 1. The molecule has 228 valence electrons. The van der Waals surface area contributed by atoms with E-state index in [4.69, 9.17) is 25.8 Å². The first-order chi connectivity index (χ1) is 21.1. The number of hydrogen-bond donors (Lipinski definition) is 0. The molecule has 0 unspecified atom stereocenters. The third-order valence-electron chi connectivity index (χ3n) is 6.71. The smallest absolute Gasteiger partial charge is 0.338 e. The molecule has 44 heavy (non-hydrogen) atoms. The number of benzene rings is 3. The lowest BCUT2D eigenvalue weighted by molar-refractivity contribution is -0.139. The van der Waals surface area contributed by atoms with Crippen LogP contribution < -0.4 is 24.4 Å². The molecule has 0 N–H and O–H groups in total. The van der Waals surface area contributed by atoms with Crippen LogP contribution in [0.3, 0.4) is 0 Å². The maximum absolute atomic E-state index is 14.2. The zero-order valence-corrected chi connectivity index (χ0v) is 27.6. The molecule has 3 aromatic carbocycles. The van der Waals surface area contributed by atoms with Gasteiger partial charge < -0.3 is 14.2 Å². The summed E-state index contributed by atoms with van der Waals surface area (Å²) in [6.45, 7) is 7.62. The van der Waals surface area contributed by atoms with Gasteiger partial charge in [-0.15, -0.1) is 0 Å². The first-order valence-electron chi connectivity index (χ1n) is 13.9. The minimum Gasteiger partial charge on any atom is -0.491 e. The summed E-state index contributed by atoms with van der Waals surface area (Å²) < 4.78 is 33.5. The van der Waals surface area contributed by atoms with Crippen LogP contribution in [0.25, 0.3) is 6.08 Å². The van der Waals surface area contributed by atoms with E-state index < -0.39 is 12.0 Å². The number of halogens is 3. The van der Waals surface area contributed by atoms with Crippen LogP contribution in [0.1, 0.15) is 50.4 Å². The first kappa shape index (κ1) is 31.7. The van der Waals surface area contributed by atoms with Gasteiger partial charge in [0.1, 0.15) is 30.0 Å². The highest BCUT2D eigenvalue weighted by Gasteiger charge is 2.35. The van der Waals surface area contributed by atoms with E-state index in [0.717, 1.165) is 5.56 Å². The third-order valence-corrected chi connectivity index (χ3v) is 8.50. The summed E-state index contributed by atoms with van der Waals surface area (Å²) in [6, 6.07) is 15.9.